The van der Waals surface area contributed by atoms with E-state index in [1.54, 1.807) is 0 Å². The number of benzene rings is 3. The molecule has 0 amide bonds. The van der Waals surface area contributed by atoms with Gasteiger partial charge in [-0.25, -0.2) is 30.4 Å². The number of rotatable bonds is 6. The highest BCUT2D eigenvalue weighted by molar-refractivity contribution is 7.93. The maximum absolute atomic E-state index is 15.0. The maximum Gasteiger partial charge on any atom is 0.435 e. The van der Waals surface area contributed by atoms with Crippen molar-refractivity contribution in [3.05, 3.63) is 94.8 Å². The first kappa shape index (κ1) is 31.9. The van der Waals surface area contributed by atoms with Crippen molar-refractivity contribution in [1.29, 1.82) is 0 Å². The molecule has 0 saturated heterocycles. The van der Waals surface area contributed by atoms with Gasteiger partial charge in [0.05, 0.1) is 20.6 Å². The van der Waals surface area contributed by atoms with Crippen molar-refractivity contribution in [2.45, 2.75) is 57.1 Å². The molecule has 236 valence electrons. The summed E-state index contributed by atoms with van der Waals surface area (Å²) in [6, 6.07) is 8.49. The average Bonchev–Trinajstić information content (AvgIpc) is 3.47. The molecule has 0 aliphatic heterocycles. The molecule has 1 saturated carbocycles. The number of alkyl halides is 7. The Labute approximate surface area is 245 Å². The molecule has 3 atom stereocenters. The molecule has 3 aromatic rings. The predicted octanol–water partition coefficient (Wildman–Crippen LogP) is 6.29. The average molecular weight is 669 g/mol. The van der Waals surface area contributed by atoms with Crippen molar-refractivity contribution in [2.75, 3.05) is 0 Å². The van der Waals surface area contributed by atoms with E-state index in [-0.39, 0.29) is 29.7 Å². The minimum atomic E-state index is -6.44. The van der Waals surface area contributed by atoms with Gasteiger partial charge in [-0.15, -0.1) is 0 Å². The lowest BCUT2D eigenvalue weighted by atomic mass is 9.89. The largest absolute Gasteiger partial charge is 0.478 e. The molecular formula is C28H20F8O6S2. The molecular weight excluding hydrogens is 648 g/mol. The molecule has 3 aromatic carbocycles. The number of hydrogen-bond donors (Lipinski definition) is 1. The summed E-state index contributed by atoms with van der Waals surface area (Å²) in [5.74, 6) is -3.65. The fourth-order valence-corrected chi connectivity index (χ4v) is 11.0. The maximum atomic E-state index is 15.0. The second-order valence-corrected chi connectivity index (χ2v) is 15.0. The first-order chi connectivity index (χ1) is 20.2. The minimum absolute atomic E-state index is 0.191. The van der Waals surface area contributed by atoms with Crippen LogP contribution in [0.1, 0.15) is 39.9 Å². The molecule has 0 radical (unpaired) electrons. The van der Waals surface area contributed by atoms with E-state index < -0.39 is 99.2 Å². The summed E-state index contributed by atoms with van der Waals surface area (Å²) in [5.41, 5.74) is -8.63. The highest BCUT2D eigenvalue weighted by atomic mass is 32.2. The summed E-state index contributed by atoms with van der Waals surface area (Å²) in [5, 5.41) is 7.58. The number of fused-ring (bicyclic) bond motifs is 3. The first-order valence-electron chi connectivity index (χ1n) is 12.7. The van der Waals surface area contributed by atoms with Gasteiger partial charge in [-0.1, -0.05) is 18.2 Å². The normalized spacial score (nSPS) is 22.5. The Bertz CT molecular complexity index is 1840. The highest BCUT2D eigenvalue weighted by Crippen LogP contribution is 2.61. The summed E-state index contributed by atoms with van der Waals surface area (Å²) < 4.78 is 164. The Balaban J connectivity index is 1.71. The van der Waals surface area contributed by atoms with Crippen molar-refractivity contribution in [1.82, 2.24) is 0 Å². The lowest BCUT2D eigenvalue weighted by Crippen LogP contribution is -2.50. The Kier molecular flexibility index (Phi) is 7.24. The Morgan fingerprint density at radius 3 is 1.86 bits per heavy atom. The highest BCUT2D eigenvalue weighted by Gasteiger charge is 2.74. The lowest BCUT2D eigenvalue weighted by molar-refractivity contribution is -0.348. The monoisotopic (exact) mass is 668 g/mol. The standard InChI is InChI=1S/C28H20F8O6S2/c29-18-4-8-20(9-5-18)44(41,42)25-12-11-23(43(39,40)19-6-1-15(2-7-19)24(37)38)22(25)14-16-13-17(3-10-21(16)25)26(30,27(31,32)33)28(34,35)36/h1-10,13,22-23H,11-12,14H2,(H,37,38). The van der Waals surface area contributed by atoms with E-state index in [0.29, 0.717) is 6.07 Å². The Morgan fingerprint density at radius 2 is 1.34 bits per heavy atom. The third-order valence-corrected chi connectivity index (χ3v) is 13.3. The van der Waals surface area contributed by atoms with Crippen LogP contribution in [0.4, 0.5) is 35.1 Å². The van der Waals surface area contributed by atoms with Crippen LogP contribution in [0.5, 0.6) is 0 Å². The van der Waals surface area contributed by atoms with Gasteiger partial charge in [-0.3, -0.25) is 0 Å². The van der Waals surface area contributed by atoms with Crippen LogP contribution in [0, 0.1) is 11.7 Å². The van der Waals surface area contributed by atoms with Gasteiger partial charge in [0.2, 0.25) is 0 Å². The van der Waals surface area contributed by atoms with Gasteiger partial charge in [-0.05, 0) is 78.9 Å². The number of aromatic carboxylic acids is 1. The van der Waals surface area contributed by atoms with E-state index in [9.17, 15) is 56.8 Å². The lowest BCUT2D eigenvalue weighted by Gasteiger charge is -2.33. The van der Waals surface area contributed by atoms with Crippen molar-refractivity contribution >= 4 is 25.6 Å². The second-order valence-electron chi connectivity index (χ2n) is 10.6. The van der Waals surface area contributed by atoms with Crippen LogP contribution in [0.2, 0.25) is 0 Å². The van der Waals surface area contributed by atoms with Crippen LogP contribution in [0.3, 0.4) is 0 Å². The zero-order valence-electron chi connectivity index (χ0n) is 22.0. The van der Waals surface area contributed by atoms with Crippen molar-refractivity contribution in [3.63, 3.8) is 0 Å². The van der Waals surface area contributed by atoms with Gasteiger partial charge in [0.25, 0.3) is 0 Å². The summed E-state index contributed by atoms with van der Waals surface area (Å²) in [6.45, 7) is 0. The number of hydrogen-bond acceptors (Lipinski definition) is 5. The molecule has 1 fully saturated rings. The van der Waals surface area contributed by atoms with Crippen LogP contribution in [-0.4, -0.2) is 45.5 Å². The van der Waals surface area contributed by atoms with E-state index in [1.807, 2.05) is 0 Å². The molecule has 0 spiro atoms. The fourth-order valence-electron chi connectivity index (χ4n) is 6.42. The van der Waals surface area contributed by atoms with Crippen molar-refractivity contribution in [3.8, 4) is 0 Å². The zero-order chi connectivity index (χ0) is 32.7. The van der Waals surface area contributed by atoms with Gasteiger partial charge in [-0.2, -0.15) is 26.3 Å². The molecule has 0 aromatic heterocycles. The van der Waals surface area contributed by atoms with E-state index in [4.69, 9.17) is 5.11 Å². The molecule has 0 bridgehead atoms. The third kappa shape index (κ3) is 4.43. The van der Waals surface area contributed by atoms with E-state index >= 15 is 0 Å². The molecule has 16 heteroatoms. The first-order valence-corrected chi connectivity index (χ1v) is 15.8. The van der Waals surface area contributed by atoms with Crippen LogP contribution in [0.25, 0.3) is 0 Å². The summed E-state index contributed by atoms with van der Waals surface area (Å²) in [6.07, 6.45) is -14.3. The van der Waals surface area contributed by atoms with Crippen LogP contribution >= 0.6 is 0 Å². The fraction of sp³-hybridized carbons (Fsp3) is 0.321. The van der Waals surface area contributed by atoms with Gasteiger partial charge in [0, 0.05) is 11.5 Å². The van der Waals surface area contributed by atoms with Gasteiger partial charge < -0.3 is 5.11 Å². The van der Waals surface area contributed by atoms with Crippen LogP contribution in [-0.2, 0) is 36.5 Å². The van der Waals surface area contributed by atoms with Crippen LogP contribution < -0.4 is 0 Å². The Morgan fingerprint density at radius 1 is 0.795 bits per heavy atom. The molecule has 5 rings (SSSR count). The topological polar surface area (TPSA) is 106 Å². The molecule has 2 aliphatic carbocycles. The van der Waals surface area contributed by atoms with Crippen molar-refractivity contribution in [2.24, 2.45) is 5.92 Å². The van der Waals surface area contributed by atoms with E-state index in [1.165, 1.54) is 0 Å². The molecule has 3 unspecified atom stereocenters. The predicted molar refractivity (Wildman–Crippen MR) is 137 cm³/mol. The van der Waals surface area contributed by atoms with Crippen LogP contribution in [0.15, 0.2) is 76.5 Å². The number of sulfone groups is 2. The molecule has 0 heterocycles. The molecule has 2 aliphatic rings. The molecule has 44 heavy (non-hydrogen) atoms. The second kappa shape index (κ2) is 9.99. The quantitative estimate of drug-likeness (QED) is 0.245. The zero-order valence-corrected chi connectivity index (χ0v) is 23.6. The smallest absolute Gasteiger partial charge is 0.435 e. The SMILES string of the molecule is O=C(O)c1ccc(S(=O)(=O)C2CCC3(S(=O)(=O)c4ccc(F)cc4)c4ccc(C(F)(C(F)(F)F)C(F)(F)F)cc4CC23)cc1. The third-order valence-electron chi connectivity index (χ3n) is 8.46. The summed E-state index contributed by atoms with van der Waals surface area (Å²) >= 11 is 0. The number of carboxylic acid groups (broad SMARTS) is 1. The number of carboxylic acids is 1. The Hall–Kier alpha value is -3.53. The summed E-state index contributed by atoms with van der Waals surface area (Å²) in [4.78, 5) is 10.3. The number of carbonyl (C=O) groups is 1. The summed E-state index contributed by atoms with van der Waals surface area (Å²) in [7, 11) is -9.19. The van der Waals surface area contributed by atoms with E-state index in [2.05, 4.69) is 0 Å². The van der Waals surface area contributed by atoms with Gasteiger partial charge in [0.1, 0.15) is 10.6 Å². The molecule has 1 N–H and O–H groups in total. The van der Waals surface area contributed by atoms with E-state index in [0.717, 1.165) is 48.5 Å². The molecule has 6 nitrogen and oxygen atoms in total. The van der Waals surface area contributed by atoms with Gasteiger partial charge in [0.15, 0.2) is 19.7 Å². The van der Waals surface area contributed by atoms with Crippen molar-refractivity contribution < 1.29 is 61.9 Å². The number of halogens is 8. The minimum Gasteiger partial charge on any atom is -0.478 e. The van der Waals surface area contributed by atoms with Gasteiger partial charge >= 0.3 is 24.0 Å².